The Labute approximate surface area is 174 Å². The van der Waals surface area contributed by atoms with Crippen LogP contribution in [0, 0.1) is 5.92 Å². The fourth-order valence-electron chi connectivity index (χ4n) is 4.74. The van der Waals surface area contributed by atoms with E-state index >= 15 is 0 Å². The highest BCUT2D eigenvalue weighted by Gasteiger charge is 2.39. The maximum atomic E-state index is 12.7. The summed E-state index contributed by atoms with van der Waals surface area (Å²) >= 11 is 0. The number of carboxylic acid groups (broad SMARTS) is 1. The highest BCUT2D eigenvalue weighted by Crippen LogP contribution is 2.35. The van der Waals surface area contributed by atoms with Crippen molar-refractivity contribution in [2.45, 2.75) is 95.6 Å². The number of unbranched alkanes of at least 4 members (excludes halogenated alkanes) is 3. The first-order valence-electron chi connectivity index (χ1n) is 11.2. The number of carboxylic acids is 1. The van der Waals surface area contributed by atoms with E-state index in [1.807, 2.05) is 6.92 Å². The zero-order chi connectivity index (χ0) is 21.4. The van der Waals surface area contributed by atoms with Crippen LogP contribution in [0.4, 0.5) is 0 Å². The molecule has 7 nitrogen and oxygen atoms in total. The second-order valence-electron chi connectivity index (χ2n) is 9.09. The molecule has 29 heavy (non-hydrogen) atoms. The van der Waals surface area contributed by atoms with Crippen molar-refractivity contribution in [2.24, 2.45) is 5.92 Å². The van der Waals surface area contributed by atoms with E-state index in [1.165, 1.54) is 11.3 Å². The third kappa shape index (κ3) is 6.98. The van der Waals surface area contributed by atoms with E-state index in [0.717, 1.165) is 44.9 Å². The van der Waals surface area contributed by atoms with Gasteiger partial charge in [-0.25, -0.2) is 0 Å². The monoisotopic (exact) mass is 410 g/mol. The maximum Gasteiger partial charge on any atom is 0.303 e. The fraction of sp³-hybridized carbons (Fsp3) is 0.864. The summed E-state index contributed by atoms with van der Waals surface area (Å²) in [5.41, 5.74) is -0.811. The molecular weight excluding hydrogens is 372 g/mol. The molecule has 2 atom stereocenters. The quantitative estimate of drug-likeness (QED) is 0.511. The van der Waals surface area contributed by atoms with E-state index in [2.05, 4.69) is 0 Å². The van der Waals surface area contributed by atoms with E-state index in [9.17, 15) is 19.5 Å². The first-order valence-corrected chi connectivity index (χ1v) is 11.2. The molecule has 1 saturated heterocycles. The third-order valence-electron chi connectivity index (χ3n) is 6.69. The molecule has 2 amide bonds. The Balaban J connectivity index is 1.90. The first-order chi connectivity index (χ1) is 13.7. The second kappa shape index (κ2) is 11.0. The van der Waals surface area contributed by atoms with Gasteiger partial charge in [-0.2, -0.15) is 0 Å². The molecule has 2 rings (SSSR count). The molecule has 0 bridgehead atoms. The minimum atomic E-state index is -0.811. The molecule has 1 heterocycles. The Morgan fingerprint density at radius 2 is 1.76 bits per heavy atom. The molecule has 2 fully saturated rings. The molecule has 2 aliphatic rings. The Kier molecular flexibility index (Phi) is 8.93. The van der Waals surface area contributed by atoms with Gasteiger partial charge in [0.15, 0.2) is 0 Å². The van der Waals surface area contributed by atoms with Gasteiger partial charge >= 0.3 is 5.97 Å². The molecule has 2 unspecified atom stereocenters. The lowest BCUT2D eigenvalue weighted by atomic mass is 9.76. The van der Waals surface area contributed by atoms with Crippen molar-refractivity contribution < 1.29 is 24.6 Å². The summed E-state index contributed by atoms with van der Waals surface area (Å²) in [5.74, 6) is -0.604. The molecule has 0 aromatic rings. The largest absolute Gasteiger partial charge is 0.481 e. The van der Waals surface area contributed by atoms with Gasteiger partial charge < -0.3 is 20.0 Å². The first kappa shape index (κ1) is 23.6. The van der Waals surface area contributed by atoms with Gasteiger partial charge in [-0.15, -0.1) is 0 Å². The van der Waals surface area contributed by atoms with Crippen molar-refractivity contribution in [1.29, 1.82) is 0 Å². The number of hydrogen-bond acceptors (Lipinski definition) is 4. The van der Waals surface area contributed by atoms with E-state index in [-0.39, 0.29) is 30.7 Å². The molecule has 1 aliphatic heterocycles. The molecular formula is C22H38N2O5. The van der Waals surface area contributed by atoms with E-state index in [0.29, 0.717) is 25.8 Å². The average molecular weight is 411 g/mol. The van der Waals surface area contributed by atoms with Gasteiger partial charge in [-0.3, -0.25) is 14.4 Å². The van der Waals surface area contributed by atoms with Crippen LogP contribution in [0.25, 0.3) is 0 Å². The summed E-state index contributed by atoms with van der Waals surface area (Å²) in [5, 5.41) is 19.7. The minimum Gasteiger partial charge on any atom is -0.481 e. The fourth-order valence-corrected chi connectivity index (χ4v) is 4.74. The smallest absolute Gasteiger partial charge is 0.303 e. The molecule has 0 aromatic heterocycles. The van der Waals surface area contributed by atoms with Crippen molar-refractivity contribution in [3.8, 4) is 0 Å². The summed E-state index contributed by atoms with van der Waals surface area (Å²) < 4.78 is 0. The highest BCUT2D eigenvalue weighted by atomic mass is 16.4. The number of nitrogens with zero attached hydrogens (tertiary/aromatic N) is 2. The van der Waals surface area contributed by atoms with Gasteiger partial charge in [0.05, 0.1) is 12.1 Å². The number of amides is 2. The number of aliphatic hydroxyl groups is 1. The minimum absolute atomic E-state index is 0.0348. The summed E-state index contributed by atoms with van der Waals surface area (Å²) in [6, 6.07) is -0.470. The van der Waals surface area contributed by atoms with Crippen molar-refractivity contribution in [2.75, 3.05) is 20.1 Å². The second-order valence-corrected chi connectivity index (χ2v) is 9.09. The predicted octanol–water partition coefficient (Wildman–Crippen LogP) is 2.80. The van der Waals surface area contributed by atoms with Crippen LogP contribution < -0.4 is 0 Å². The number of rotatable bonds is 11. The number of carbonyl (C=O) groups is 3. The SMILES string of the molecule is CN1CC(=O)N(CCC(C)(O)C2CCCCC2)C(CCCCCCC(=O)O)C1=O. The predicted molar refractivity (Wildman–Crippen MR) is 110 cm³/mol. The number of piperazine rings is 1. The molecule has 7 heteroatoms. The topological polar surface area (TPSA) is 98.2 Å². The van der Waals surface area contributed by atoms with Gasteiger partial charge in [0.1, 0.15) is 6.04 Å². The van der Waals surface area contributed by atoms with Crippen molar-refractivity contribution in [3.05, 3.63) is 0 Å². The molecule has 0 spiro atoms. The highest BCUT2D eigenvalue weighted by molar-refractivity contribution is 5.94. The Bertz CT molecular complexity index is 572. The normalized spacial score (nSPS) is 23.3. The van der Waals surface area contributed by atoms with Gasteiger partial charge in [0.25, 0.3) is 0 Å². The Morgan fingerprint density at radius 1 is 1.10 bits per heavy atom. The van der Waals surface area contributed by atoms with Crippen LogP contribution in [0.2, 0.25) is 0 Å². The lowest BCUT2D eigenvalue weighted by Crippen LogP contribution is -2.59. The zero-order valence-electron chi connectivity index (χ0n) is 18.1. The Hall–Kier alpha value is -1.63. The van der Waals surface area contributed by atoms with Crippen LogP contribution in [-0.4, -0.2) is 69.6 Å². The van der Waals surface area contributed by atoms with Gasteiger partial charge in [0.2, 0.25) is 11.8 Å². The third-order valence-corrected chi connectivity index (χ3v) is 6.69. The van der Waals surface area contributed by atoms with Crippen LogP contribution in [0.3, 0.4) is 0 Å². The summed E-state index contributed by atoms with van der Waals surface area (Å²) in [6.45, 7) is 2.38. The number of hydrogen-bond donors (Lipinski definition) is 2. The van der Waals surface area contributed by atoms with Crippen LogP contribution in [0.1, 0.15) is 84.0 Å². The Morgan fingerprint density at radius 3 is 2.41 bits per heavy atom. The van der Waals surface area contributed by atoms with Gasteiger partial charge in [0, 0.05) is 20.0 Å². The number of likely N-dealkylation sites (N-methyl/N-ethyl adjacent to an activating group) is 1. The molecule has 1 aliphatic carbocycles. The molecule has 1 saturated carbocycles. The molecule has 166 valence electrons. The standard InChI is InChI=1S/C22H38N2O5/c1-22(29,17-10-6-5-7-11-17)14-15-24-18(21(28)23(2)16-19(24)25)12-8-3-4-9-13-20(26)27/h17-18,29H,3-16H2,1-2H3,(H,26,27). The number of aliphatic carboxylic acids is 1. The number of carbonyl (C=O) groups excluding carboxylic acids is 2. The van der Waals surface area contributed by atoms with E-state index in [4.69, 9.17) is 5.11 Å². The zero-order valence-corrected chi connectivity index (χ0v) is 18.1. The lowest BCUT2D eigenvalue weighted by molar-refractivity contribution is -0.156. The molecule has 0 aromatic carbocycles. The van der Waals surface area contributed by atoms with Crippen LogP contribution in [0.15, 0.2) is 0 Å². The maximum absolute atomic E-state index is 12.7. The molecule has 2 N–H and O–H groups in total. The lowest BCUT2D eigenvalue weighted by Gasteiger charge is -2.42. The van der Waals surface area contributed by atoms with Gasteiger partial charge in [-0.1, -0.05) is 38.5 Å². The average Bonchev–Trinajstić information content (AvgIpc) is 2.68. The summed E-state index contributed by atoms with van der Waals surface area (Å²) in [4.78, 5) is 39.1. The van der Waals surface area contributed by atoms with Crippen LogP contribution in [-0.2, 0) is 14.4 Å². The summed E-state index contributed by atoms with van der Waals surface area (Å²) in [7, 11) is 1.66. The van der Waals surface area contributed by atoms with Crippen molar-refractivity contribution in [3.63, 3.8) is 0 Å². The van der Waals surface area contributed by atoms with Crippen molar-refractivity contribution >= 4 is 17.8 Å². The summed E-state index contributed by atoms with van der Waals surface area (Å²) in [6.07, 6.45) is 9.93. The van der Waals surface area contributed by atoms with E-state index < -0.39 is 17.6 Å². The van der Waals surface area contributed by atoms with E-state index in [1.54, 1.807) is 11.9 Å². The van der Waals surface area contributed by atoms with Crippen molar-refractivity contribution in [1.82, 2.24) is 9.80 Å². The van der Waals surface area contributed by atoms with Gasteiger partial charge in [-0.05, 0) is 44.9 Å². The van der Waals surface area contributed by atoms with Crippen LogP contribution in [0.5, 0.6) is 0 Å². The molecule has 0 radical (unpaired) electrons. The van der Waals surface area contributed by atoms with Crippen LogP contribution >= 0.6 is 0 Å².